The summed E-state index contributed by atoms with van der Waals surface area (Å²) >= 11 is 0. The van der Waals surface area contributed by atoms with E-state index in [1.54, 1.807) is 13.2 Å². The molecule has 27 heavy (non-hydrogen) atoms. The molecule has 2 aromatic rings. The van der Waals surface area contributed by atoms with Crippen LogP contribution < -0.4 is 10.1 Å². The first-order valence-electron chi connectivity index (χ1n) is 8.88. The van der Waals surface area contributed by atoms with Crippen LogP contribution in [0.4, 0.5) is 0 Å². The van der Waals surface area contributed by atoms with E-state index in [2.05, 4.69) is 5.32 Å². The number of carbonyl (C=O) groups excluding carboxylic acids is 2. The topological polar surface area (TPSA) is 64.6 Å². The van der Waals surface area contributed by atoms with Crippen LogP contribution in [0.2, 0.25) is 0 Å². The van der Waals surface area contributed by atoms with Crippen LogP contribution in [0.5, 0.6) is 5.75 Å². The van der Waals surface area contributed by atoms with Gasteiger partial charge in [0.15, 0.2) is 0 Å². The van der Waals surface area contributed by atoms with Crippen LogP contribution in [0.25, 0.3) is 6.08 Å². The van der Waals surface area contributed by atoms with E-state index in [1.807, 2.05) is 55.5 Å². The van der Waals surface area contributed by atoms with Gasteiger partial charge in [0, 0.05) is 12.5 Å². The van der Waals surface area contributed by atoms with E-state index in [9.17, 15) is 9.59 Å². The van der Waals surface area contributed by atoms with Gasteiger partial charge < -0.3 is 14.8 Å². The first-order chi connectivity index (χ1) is 13.1. The number of amides is 1. The highest BCUT2D eigenvalue weighted by molar-refractivity contribution is 5.87. The molecule has 0 saturated carbocycles. The number of ether oxygens (including phenoxy) is 2. The average Bonchev–Trinajstić information content (AvgIpc) is 2.69. The van der Waals surface area contributed by atoms with Gasteiger partial charge in [-0.3, -0.25) is 4.79 Å². The van der Waals surface area contributed by atoms with Gasteiger partial charge in [0.25, 0.3) is 0 Å². The lowest BCUT2D eigenvalue weighted by Gasteiger charge is -2.06. The predicted octanol–water partition coefficient (Wildman–Crippen LogP) is 3.31. The lowest BCUT2D eigenvalue weighted by atomic mass is 10.1. The van der Waals surface area contributed by atoms with Gasteiger partial charge in [-0.25, -0.2) is 4.79 Å². The van der Waals surface area contributed by atoms with E-state index < -0.39 is 5.97 Å². The predicted molar refractivity (Wildman–Crippen MR) is 105 cm³/mol. The molecular weight excluding hydrogens is 342 g/mol. The molecule has 2 rings (SSSR count). The second kappa shape index (κ2) is 10.8. The molecule has 0 aromatic heterocycles. The van der Waals surface area contributed by atoms with Crippen LogP contribution in [0.1, 0.15) is 23.1 Å². The molecule has 5 heteroatoms. The second-order valence-electron chi connectivity index (χ2n) is 6.11. The van der Waals surface area contributed by atoms with Gasteiger partial charge in [-0.1, -0.05) is 42.0 Å². The van der Waals surface area contributed by atoms with Crippen molar-refractivity contribution in [1.82, 2.24) is 5.32 Å². The molecule has 142 valence electrons. The maximum Gasteiger partial charge on any atom is 0.330 e. The van der Waals surface area contributed by atoms with Crippen molar-refractivity contribution in [3.63, 3.8) is 0 Å². The number of carbonyl (C=O) groups is 2. The molecule has 0 radical (unpaired) electrons. The fraction of sp³-hybridized carbons (Fsp3) is 0.273. The standard InChI is InChI=1S/C22H25NO4/c1-17-6-8-18(9-7-17)10-12-21(24)23-14-15-27-22(25)13-11-19-4-3-5-20(16-19)26-2/h3-9,11,13,16H,10,12,14-15H2,1-2H3,(H,23,24)/b13-11+. The van der Waals surface area contributed by atoms with Crippen molar-refractivity contribution >= 4 is 18.0 Å². The number of nitrogens with one attached hydrogen (secondary N) is 1. The number of aryl methyl sites for hydroxylation is 2. The highest BCUT2D eigenvalue weighted by atomic mass is 16.5. The number of hydrogen-bond acceptors (Lipinski definition) is 4. The van der Waals surface area contributed by atoms with Gasteiger partial charge in [0.2, 0.25) is 5.91 Å². The first kappa shape index (κ1) is 20.2. The van der Waals surface area contributed by atoms with Crippen molar-refractivity contribution < 1.29 is 19.1 Å². The summed E-state index contributed by atoms with van der Waals surface area (Å²) in [5.74, 6) is 0.212. The van der Waals surface area contributed by atoms with Crippen LogP contribution in [0.3, 0.4) is 0 Å². The Hall–Kier alpha value is -3.08. The second-order valence-corrected chi connectivity index (χ2v) is 6.11. The number of benzene rings is 2. The quantitative estimate of drug-likeness (QED) is 0.420. The molecular formula is C22H25NO4. The summed E-state index contributed by atoms with van der Waals surface area (Å²) in [6.07, 6.45) is 4.11. The molecule has 0 aliphatic carbocycles. The molecule has 5 nitrogen and oxygen atoms in total. The van der Waals surface area contributed by atoms with Crippen LogP contribution in [0, 0.1) is 6.92 Å². The molecule has 1 N–H and O–H groups in total. The summed E-state index contributed by atoms with van der Waals surface area (Å²) in [5, 5.41) is 2.75. The van der Waals surface area contributed by atoms with Crippen molar-refractivity contribution in [3.05, 3.63) is 71.3 Å². The SMILES string of the molecule is COc1cccc(/C=C/C(=O)OCCNC(=O)CCc2ccc(C)cc2)c1. The summed E-state index contributed by atoms with van der Waals surface area (Å²) in [6.45, 7) is 2.46. The Labute approximate surface area is 160 Å². The van der Waals surface area contributed by atoms with Crippen LogP contribution in [0.15, 0.2) is 54.6 Å². The Kier molecular flexibility index (Phi) is 8.10. The van der Waals surface area contributed by atoms with Crippen molar-refractivity contribution in [3.8, 4) is 5.75 Å². The van der Waals surface area contributed by atoms with Crippen LogP contribution in [-0.2, 0) is 20.7 Å². The number of methoxy groups -OCH3 is 1. The van der Waals surface area contributed by atoms with E-state index in [-0.39, 0.29) is 12.5 Å². The maximum atomic E-state index is 11.8. The smallest absolute Gasteiger partial charge is 0.330 e. The van der Waals surface area contributed by atoms with Gasteiger partial charge >= 0.3 is 5.97 Å². The van der Waals surface area contributed by atoms with Gasteiger partial charge in [-0.15, -0.1) is 0 Å². The van der Waals surface area contributed by atoms with E-state index in [1.165, 1.54) is 11.6 Å². The molecule has 0 bridgehead atoms. The lowest BCUT2D eigenvalue weighted by molar-refractivity contribution is -0.138. The third-order valence-corrected chi connectivity index (χ3v) is 3.94. The highest BCUT2D eigenvalue weighted by Gasteiger charge is 2.03. The molecule has 0 unspecified atom stereocenters. The fourth-order valence-electron chi connectivity index (χ4n) is 2.40. The zero-order valence-corrected chi connectivity index (χ0v) is 15.7. The molecule has 0 atom stereocenters. The molecule has 0 aliphatic rings. The summed E-state index contributed by atoms with van der Waals surface area (Å²) in [6, 6.07) is 15.5. The average molecular weight is 367 g/mol. The minimum atomic E-state index is -0.452. The van der Waals surface area contributed by atoms with E-state index in [4.69, 9.17) is 9.47 Å². The minimum absolute atomic E-state index is 0.0569. The molecule has 2 aromatic carbocycles. The number of rotatable bonds is 9. The van der Waals surface area contributed by atoms with Gasteiger partial charge in [0.1, 0.15) is 12.4 Å². The van der Waals surface area contributed by atoms with E-state index in [0.717, 1.165) is 16.9 Å². The molecule has 0 heterocycles. The number of esters is 1. The van der Waals surface area contributed by atoms with Gasteiger partial charge in [-0.05, 0) is 42.7 Å². The summed E-state index contributed by atoms with van der Waals surface area (Å²) in [7, 11) is 1.59. The molecule has 0 saturated heterocycles. The van der Waals surface area contributed by atoms with Crippen LogP contribution in [-0.4, -0.2) is 32.1 Å². The first-order valence-corrected chi connectivity index (χ1v) is 8.88. The Morgan fingerprint density at radius 3 is 2.63 bits per heavy atom. The molecule has 0 aliphatic heterocycles. The minimum Gasteiger partial charge on any atom is -0.497 e. The van der Waals surface area contributed by atoms with Crippen molar-refractivity contribution in [2.75, 3.05) is 20.3 Å². The van der Waals surface area contributed by atoms with Crippen molar-refractivity contribution in [2.45, 2.75) is 19.8 Å². The molecule has 0 fully saturated rings. The summed E-state index contributed by atoms with van der Waals surface area (Å²) in [4.78, 5) is 23.5. The van der Waals surface area contributed by atoms with Crippen molar-refractivity contribution in [1.29, 1.82) is 0 Å². The van der Waals surface area contributed by atoms with E-state index >= 15 is 0 Å². The maximum absolute atomic E-state index is 11.8. The monoisotopic (exact) mass is 367 g/mol. The molecule has 0 spiro atoms. The van der Waals surface area contributed by atoms with Crippen LogP contribution >= 0.6 is 0 Å². The van der Waals surface area contributed by atoms with E-state index in [0.29, 0.717) is 19.4 Å². The van der Waals surface area contributed by atoms with Gasteiger partial charge in [-0.2, -0.15) is 0 Å². The normalized spacial score (nSPS) is 10.6. The summed E-state index contributed by atoms with van der Waals surface area (Å²) in [5.41, 5.74) is 3.17. The Morgan fingerprint density at radius 1 is 1.11 bits per heavy atom. The lowest BCUT2D eigenvalue weighted by Crippen LogP contribution is -2.28. The third-order valence-electron chi connectivity index (χ3n) is 3.94. The Bertz CT molecular complexity index is 781. The Balaban J connectivity index is 1.62. The fourth-order valence-corrected chi connectivity index (χ4v) is 2.40. The Morgan fingerprint density at radius 2 is 1.89 bits per heavy atom. The molecule has 1 amide bonds. The summed E-state index contributed by atoms with van der Waals surface area (Å²) < 4.78 is 10.2. The van der Waals surface area contributed by atoms with Crippen molar-refractivity contribution in [2.24, 2.45) is 0 Å². The largest absolute Gasteiger partial charge is 0.497 e. The zero-order chi connectivity index (χ0) is 19.5. The number of hydrogen-bond donors (Lipinski definition) is 1. The third kappa shape index (κ3) is 7.77. The highest BCUT2D eigenvalue weighted by Crippen LogP contribution is 2.13. The zero-order valence-electron chi connectivity index (χ0n) is 15.7. The van der Waals surface area contributed by atoms with Gasteiger partial charge in [0.05, 0.1) is 13.7 Å².